The number of halogens is 1. The second-order valence-corrected chi connectivity index (χ2v) is 9.11. The monoisotopic (exact) mass is 483 g/mol. The molecule has 31 heavy (non-hydrogen) atoms. The van der Waals surface area contributed by atoms with Crippen LogP contribution in [0.5, 0.6) is 0 Å². The maximum atomic E-state index is 12.8. The van der Waals surface area contributed by atoms with Crippen LogP contribution in [0.2, 0.25) is 0 Å². The summed E-state index contributed by atoms with van der Waals surface area (Å²) < 4.78 is 5.98. The van der Waals surface area contributed by atoms with Gasteiger partial charge in [-0.15, -0.1) is 0 Å². The van der Waals surface area contributed by atoms with Gasteiger partial charge in [-0.1, -0.05) is 35.0 Å². The van der Waals surface area contributed by atoms with Crippen molar-refractivity contribution in [1.82, 2.24) is 0 Å². The highest BCUT2D eigenvalue weighted by molar-refractivity contribution is 9.10. The number of rotatable bonds is 5. The Balaban J connectivity index is 1.40. The fourth-order valence-corrected chi connectivity index (χ4v) is 4.59. The van der Waals surface area contributed by atoms with Gasteiger partial charge in [0.05, 0.1) is 23.1 Å². The number of benzene rings is 2. The minimum absolute atomic E-state index is 0.155. The Hall–Kier alpha value is -2.80. The number of carbonyl (C=O) groups excluding carboxylic acids is 4. The van der Waals surface area contributed by atoms with Crippen LogP contribution in [0.1, 0.15) is 46.9 Å². The van der Waals surface area contributed by atoms with E-state index in [1.807, 2.05) is 0 Å². The van der Waals surface area contributed by atoms with Crippen molar-refractivity contribution in [3.63, 3.8) is 0 Å². The van der Waals surface area contributed by atoms with Gasteiger partial charge in [-0.05, 0) is 61.6 Å². The summed E-state index contributed by atoms with van der Waals surface area (Å²) in [6.07, 6.45) is 2.43. The smallest absolute Gasteiger partial charge is 0.338 e. The molecule has 1 heterocycles. The number of imide groups is 1. The zero-order chi connectivity index (χ0) is 22.1. The number of carbonyl (C=O) groups is 4. The normalized spacial score (nSPS) is 22.9. The number of esters is 1. The quantitative estimate of drug-likeness (QED) is 0.357. The minimum atomic E-state index is -0.640. The molecule has 0 bridgehead atoms. The van der Waals surface area contributed by atoms with Crippen LogP contribution in [0.15, 0.2) is 53.0 Å². The van der Waals surface area contributed by atoms with Gasteiger partial charge in [-0.3, -0.25) is 19.3 Å². The summed E-state index contributed by atoms with van der Waals surface area (Å²) in [6.45, 7) is 1.74. The van der Waals surface area contributed by atoms with Crippen molar-refractivity contribution in [2.24, 2.45) is 17.8 Å². The zero-order valence-corrected chi connectivity index (χ0v) is 18.6. The fourth-order valence-electron chi connectivity index (χ4n) is 4.32. The number of hydrogen-bond acceptors (Lipinski definition) is 5. The van der Waals surface area contributed by atoms with Crippen molar-refractivity contribution >= 4 is 45.2 Å². The maximum Gasteiger partial charge on any atom is 0.338 e. The Morgan fingerprint density at radius 2 is 1.55 bits per heavy atom. The first kappa shape index (κ1) is 21.4. The van der Waals surface area contributed by atoms with Crippen molar-refractivity contribution in [3.05, 3.63) is 64.1 Å². The molecule has 0 radical (unpaired) electrons. The standard InChI is InChI=1S/C24H22BrNO5/c1-14-2-11-19-20(12-14)23(29)26(22(19)28)18-9-5-16(6-10-18)24(30)31-13-21(27)15-3-7-17(25)8-4-15/h3-10,14,19-20H,2,11-13H2,1H3/t14-,19+,20+/m1/s1. The Kier molecular flexibility index (Phi) is 6.05. The van der Waals surface area contributed by atoms with Crippen LogP contribution in [0.4, 0.5) is 5.69 Å². The molecule has 0 spiro atoms. The number of ketones is 1. The molecule has 1 saturated carbocycles. The number of anilines is 1. The third kappa shape index (κ3) is 4.32. The highest BCUT2D eigenvalue weighted by atomic mass is 79.9. The molecule has 3 atom stereocenters. The van der Waals surface area contributed by atoms with Crippen molar-refractivity contribution < 1.29 is 23.9 Å². The van der Waals surface area contributed by atoms with Gasteiger partial charge in [0, 0.05) is 10.0 Å². The molecule has 2 aromatic carbocycles. The lowest BCUT2D eigenvalue weighted by Crippen LogP contribution is -2.30. The van der Waals surface area contributed by atoms with E-state index in [0.29, 0.717) is 17.2 Å². The first-order valence-electron chi connectivity index (χ1n) is 10.3. The van der Waals surface area contributed by atoms with E-state index in [9.17, 15) is 19.2 Å². The van der Waals surface area contributed by atoms with Crippen molar-refractivity contribution in [3.8, 4) is 0 Å². The average Bonchev–Trinajstić information content (AvgIpc) is 3.02. The molecule has 0 N–H and O–H groups in total. The summed E-state index contributed by atoms with van der Waals surface area (Å²) in [7, 11) is 0. The molecule has 2 fully saturated rings. The van der Waals surface area contributed by atoms with Gasteiger partial charge in [0.25, 0.3) is 0 Å². The lowest BCUT2D eigenvalue weighted by molar-refractivity contribution is -0.122. The van der Waals surface area contributed by atoms with E-state index in [2.05, 4.69) is 22.9 Å². The van der Waals surface area contributed by atoms with E-state index in [4.69, 9.17) is 4.74 Å². The van der Waals surface area contributed by atoms with Crippen LogP contribution < -0.4 is 4.90 Å². The second-order valence-electron chi connectivity index (χ2n) is 8.20. The molecular formula is C24H22BrNO5. The topological polar surface area (TPSA) is 80.8 Å². The number of nitrogens with zero attached hydrogens (tertiary/aromatic N) is 1. The molecule has 0 unspecified atom stereocenters. The van der Waals surface area contributed by atoms with Crippen LogP contribution in [-0.2, 0) is 14.3 Å². The van der Waals surface area contributed by atoms with Crippen LogP contribution in [-0.4, -0.2) is 30.2 Å². The lowest BCUT2D eigenvalue weighted by atomic mass is 9.76. The molecule has 7 heteroatoms. The molecule has 1 aliphatic heterocycles. The minimum Gasteiger partial charge on any atom is -0.454 e. The number of Topliss-reactive ketones (excluding diaryl/α,β-unsaturated/α-hetero) is 1. The Morgan fingerprint density at radius 3 is 2.23 bits per heavy atom. The number of fused-ring (bicyclic) bond motifs is 1. The van der Waals surface area contributed by atoms with Gasteiger partial charge < -0.3 is 4.74 Å². The van der Waals surface area contributed by atoms with Gasteiger partial charge in [0.15, 0.2) is 12.4 Å². The van der Waals surface area contributed by atoms with E-state index in [1.54, 1.807) is 36.4 Å². The summed E-state index contributed by atoms with van der Waals surface area (Å²) in [5.41, 5.74) is 1.16. The number of amides is 2. The van der Waals surface area contributed by atoms with E-state index in [0.717, 1.165) is 23.7 Å². The van der Waals surface area contributed by atoms with E-state index >= 15 is 0 Å². The molecule has 2 aromatic rings. The molecule has 0 aromatic heterocycles. The Bertz CT molecular complexity index is 1030. The van der Waals surface area contributed by atoms with Crippen molar-refractivity contribution in [1.29, 1.82) is 0 Å². The van der Waals surface area contributed by atoms with Crippen molar-refractivity contribution in [2.45, 2.75) is 26.2 Å². The lowest BCUT2D eigenvalue weighted by Gasteiger charge is -2.25. The van der Waals surface area contributed by atoms with E-state index in [1.165, 1.54) is 17.0 Å². The predicted molar refractivity (Wildman–Crippen MR) is 118 cm³/mol. The molecule has 1 saturated heterocycles. The summed E-state index contributed by atoms with van der Waals surface area (Å²) in [5.74, 6) is -1.30. The summed E-state index contributed by atoms with van der Waals surface area (Å²) in [5, 5.41) is 0. The molecule has 1 aliphatic carbocycles. The summed E-state index contributed by atoms with van der Waals surface area (Å²) in [6, 6.07) is 12.9. The largest absolute Gasteiger partial charge is 0.454 e. The first-order chi connectivity index (χ1) is 14.8. The Morgan fingerprint density at radius 1 is 0.935 bits per heavy atom. The van der Waals surface area contributed by atoms with Crippen LogP contribution in [0.25, 0.3) is 0 Å². The van der Waals surface area contributed by atoms with Crippen LogP contribution in [0.3, 0.4) is 0 Å². The Labute approximate surface area is 188 Å². The fraction of sp³-hybridized carbons (Fsp3) is 0.333. The summed E-state index contributed by atoms with van der Waals surface area (Å²) >= 11 is 3.30. The third-order valence-electron chi connectivity index (χ3n) is 6.05. The number of hydrogen-bond donors (Lipinski definition) is 0. The molecule has 4 rings (SSSR count). The third-order valence-corrected chi connectivity index (χ3v) is 6.58. The molecule has 2 aliphatic rings. The second kappa shape index (κ2) is 8.75. The molecule has 6 nitrogen and oxygen atoms in total. The molecule has 2 amide bonds. The van der Waals surface area contributed by atoms with Gasteiger partial charge >= 0.3 is 5.97 Å². The SMILES string of the molecule is C[C@@H]1CC[C@@H]2C(=O)N(c3ccc(C(=O)OCC(=O)c4ccc(Br)cc4)cc3)C(=O)[C@H]2C1. The predicted octanol–water partition coefficient (Wildman–Crippen LogP) is 4.41. The highest BCUT2D eigenvalue weighted by Crippen LogP contribution is 2.42. The maximum absolute atomic E-state index is 12.8. The highest BCUT2D eigenvalue weighted by Gasteiger charge is 2.49. The van der Waals surface area contributed by atoms with Gasteiger partial charge in [0.2, 0.25) is 11.8 Å². The van der Waals surface area contributed by atoms with Gasteiger partial charge in [-0.2, -0.15) is 0 Å². The van der Waals surface area contributed by atoms with Gasteiger partial charge in [-0.25, -0.2) is 4.79 Å². The van der Waals surface area contributed by atoms with Crippen LogP contribution in [0, 0.1) is 17.8 Å². The van der Waals surface area contributed by atoms with Gasteiger partial charge in [0.1, 0.15) is 0 Å². The van der Waals surface area contributed by atoms with Crippen LogP contribution >= 0.6 is 15.9 Å². The van der Waals surface area contributed by atoms with E-state index in [-0.39, 0.29) is 41.6 Å². The van der Waals surface area contributed by atoms with E-state index < -0.39 is 5.97 Å². The van der Waals surface area contributed by atoms with Crippen molar-refractivity contribution in [2.75, 3.05) is 11.5 Å². The average molecular weight is 484 g/mol. The molecule has 160 valence electrons. The summed E-state index contributed by atoms with van der Waals surface area (Å²) in [4.78, 5) is 51.3. The molecular weight excluding hydrogens is 462 g/mol. The first-order valence-corrected chi connectivity index (χ1v) is 11.1. The zero-order valence-electron chi connectivity index (χ0n) is 17.0. The number of ether oxygens (including phenoxy) is 1.